The third kappa shape index (κ3) is 3.60. The highest BCUT2D eigenvalue weighted by molar-refractivity contribution is 5.70. The lowest BCUT2D eigenvalue weighted by atomic mass is 9.85. The van der Waals surface area contributed by atoms with Crippen molar-refractivity contribution in [2.24, 2.45) is 5.92 Å². The molecule has 2 rings (SSSR count). The molecule has 0 spiro atoms. The smallest absolute Gasteiger partial charge is 0.306 e. The van der Waals surface area contributed by atoms with Gasteiger partial charge < -0.3 is 19.9 Å². The Morgan fingerprint density at radius 1 is 1.24 bits per heavy atom. The molecule has 0 saturated heterocycles. The van der Waals surface area contributed by atoms with Crippen LogP contribution in [0.2, 0.25) is 0 Å². The molecule has 1 aliphatic rings. The van der Waals surface area contributed by atoms with Gasteiger partial charge in [0.2, 0.25) is 0 Å². The van der Waals surface area contributed by atoms with E-state index in [9.17, 15) is 4.79 Å². The van der Waals surface area contributed by atoms with Gasteiger partial charge in [-0.1, -0.05) is 6.42 Å². The molecule has 116 valence electrons. The van der Waals surface area contributed by atoms with E-state index in [4.69, 9.17) is 14.6 Å². The number of ether oxygens (including phenoxy) is 2. The molecule has 5 heteroatoms. The maximum atomic E-state index is 11.1. The number of nitrogens with one attached hydrogen (secondary N) is 1. The van der Waals surface area contributed by atoms with Crippen molar-refractivity contribution in [1.29, 1.82) is 0 Å². The standard InChI is InChI=1S/C16H23NO4/c1-10-7-14(20-2)15(21-3)9-13(10)17-12-6-4-5-11(8-12)16(18)19/h7,9,11-12,17H,4-6,8H2,1-3H3,(H,18,19). The normalized spacial score (nSPS) is 21.7. The molecule has 21 heavy (non-hydrogen) atoms. The van der Waals surface area contributed by atoms with Gasteiger partial charge in [0.1, 0.15) is 0 Å². The SMILES string of the molecule is COc1cc(C)c(NC2CCCC(C(=O)O)C2)cc1OC. The van der Waals surface area contributed by atoms with E-state index in [1.54, 1.807) is 14.2 Å². The van der Waals surface area contributed by atoms with Crippen molar-refractivity contribution in [3.63, 3.8) is 0 Å². The number of carboxylic acid groups (broad SMARTS) is 1. The minimum atomic E-state index is -0.689. The highest BCUT2D eigenvalue weighted by Crippen LogP contribution is 2.35. The van der Waals surface area contributed by atoms with Crippen LogP contribution in [-0.4, -0.2) is 31.3 Å². The fourth-order valence-electron chi connectivity index (χ4n) is 2.90. The Bertz CT molecular complexity index is 515. The average molecular weight is 293 g/mol. The Balaban J connectivity index is 2.13. The number of rotatable bonds is 5. The number of carbonyl (C=O) groups is 1. The molecule has 1 saturated carbocycles. The van der Waals surface area contributed by atoms with Crippen LogP contribution in [0, 0.1) is 12.8 Å². The number of hydrogen-bond donors (Lipinski definition) is 2. The number of methoxy groups -OCH3 is 2. The lowest BCUT2D eigenvalue weighted by Crippen LogP contribution is -2.31. The topological polar surface area (TPSA) is 67.8 Å². The molecule has 2 unspecified atom stereocenters. The van der Waals surface area contributed by atoms with Gasteiger partial charge in [0.15, 0.2) is 11.5 Å². The molecule has 0 amide bonds. The summed E-state index contributed by atoms with van der Waals surface area (Å²) in [6.45, 7) is 2.00. The van der Waals surface area contributed by atoms with Gasteiger partial charge in [-0.3, -0.25) is 4.79 Å². The highest BCUT2D eigenvalue weighted by atomic mass is 16.5. The zero-order valence-corrected chi connectivity index (χ0v) is 12.8. The fourth-order valence-corrected chi connectivity index (χ4v) is 2.90. The van der Waals surface area contributed by atoms with E-state index in [0.29, 0.717) is 17.9 Å². The first-order valence-corrected chi connectivity index (χ1v) is 7.27. The van der Waals surface area contributed by atoms with Crippen LogP contribution < -0.4 is 14.8 Å². The summed E-state index contributed by atoms with van der Waals surface area (Å²) >= 11 is 0. The minimum absolute atomic E-state index is 0.191. The minimum Gasteiger partial charge on any atom is -0.493 e. The number of hydrogen-bond acceptors (Lipinski definition) is 4. The Morgan fingerprint density at radius 2 is 1.90 bits per heavy atom. The predicted octanol–water partition coefficient (Wildman–Crippen LogP) is 3.07. The summed E-state index contributed by atoms with van der Waals surface area (Å²) in [6, 6.07) is 4.04. The summed E-state index contributed by atoms with van der Waals surface area (Å²) in [5.41, 5.74) is 2.04. The van der Waals surface area contributed by atoms with Crippen LogP contribution in [0.1, 0.15) is 31.2 Å². The Hall–Kier alpha value is -1.91. The van der Waals surface area contributed by atoms with Crippen LogP contribution in [0.5, 0.6) is 11.5 Å². The predicted molar refractivity (Wildman–Crippen MR) is 81.3 cm³/mol. The summed E-state index contributed by atoms with van der Waals surface area (Å²) in [7, 11) is 3.22. The number of aliphatic carboxylic acids is 1. The molecule has 0 aromatic heterocycles. The molecule has 5 nitrogen and oxygen atoms in total. The lowest BCUT2D eigenvalue weighted by molar-refractivity contribution is -0.142. The van der Waals surface area contributed by atoms with Gasteiger partial charge in [-0.25, -0.2) is 0 Å². The largest absolute Gasteiger partial charge is 0.493 e. The number of carboxylic acids is 1. The van der Waals surface area contributed by atoms with Gasteiger partial charge in [0, 0.05) is 17.8 Å². The van der Waals surface area contributed by atoms with Crippen molar-refractivity contribution in [2.75, 3.05) is 19.5 Å². The zero-order chi connectivity index (χ0) is 15.4. The summed E-state index contributed by atoms with van der Waals surface area (Å²) < 4.78 is 10.6. The molecular weight excluding hydrogens is 270 g/mol. The molecule has 1 aromatic carbocycles. The van der Waals surface area contributed by atoms with Crippen molar-refractivity contribution in [3.8, 4) is 11.5 Å². The Morgan fingerprint density at radius 3 is 2.52 bits per heavy atom. The van der Waals surface area contributed by atoms with Gasteiger partial charge in [-0.05, 0) is 37.8 Å². The molecular formula is C16H23NO4. The summed E-state index contributed by atoms with van der Waals surface area (Å²) in [6.07, 6.45) is 3.39. The molecule has 0 heterocycles. The first kappa shape index (κ1) is 15.5. The molecule has 0 radical (unpaired) electrons. The van der Waals surface area contributed by atoms with Crippen molar-refractivity contribution >= 4 is 11.7 Å². The second kappa shape index (κ2) is 6.70. The van der Waals surface area contributed by atoms with Crippen LogP contribution in [0.3, 0.4) is 0 Å². The maximum Gasteiger partial charge on any atom is 0.306 e. The second-order valence-electron chi connectivity index (χ2n) is 5.57. The third-order valence-corrected chi connectivity index (χ3v) is 4.11. The third-order valence-electron chi connectivity index (χ3n) is 4.11. The van der Waals surface area contributed by atoms with E-state index in [-0.39, 0.29) is 12.0 Å². The van der Waals surface area contributed by atoms with Crippen LogP contribution >= 0.6 is 0 Å². The maximum absolute atomic E-state index is 11.1. The van der Waals surface area contributed by atoms with Gasteiger partial charge in [0.25, 0.3) is 0 Å². The van der Waals surface area contributed by atoms with Gasteiger partial charge >= 0.3 is 5.97 Å². The van der Waals surface area contributed by atoms with E-state index in [1.165, 1.54) is 0 Å². The van der Waals surface area contributed by atoms with Gasteiger partial charge in [-0.2, -0.15) is 0 Å². The van der Waals surface area contributed by atoms with E-state index < -0.39 is 5.97 Å². The van der Waals surface area contributed by atoms with Crippen molar-refractivity contribution in [2.45, 2.75) is 38.6 Å². The zero-order valence-electron chi connectivity index (χ0n) is 12.8. The number of anilines is 1. The second-order valence-corrected chi connectivity index (χ2v) is 5.57. The average Bonchev–Trinajstić information content (AvgIpc) is 2.49. The Labute approximate surface area is 125 Å². The van der Waals surface area contributed by atoms with Crippen LogP contribution in [0.25, 0.3) is 0 Å². The van der Waals surface area contributed by atoms with E-state index in [1.807, 2.05) is 19.1 Å². The molecule has 2 atom stereocenters. The van der Waals surface area contributed by atoms with Gasteiger partial charge in [0.05, 0.1) is 20.1 Å². The monoisotopic (exact) mass is 293 g/mol. The van der Waals surface area contributed by atoms with Crippen LogP contribution in [0.4, 0.5) is 5.69 Å². The fraction of sp³-hybridized carbons (Fsp3) is 0.562. The molecule has 2 N–H and O–H groups in total. The highest BCUT2D eigenvalue weighted by Gasteiger charge is 2.27. The quantitative estimate of drug-likeness (QED) is 0.873. The molecule has 1 fully saturated rings. The molecule has 1 aliphatic carbocycles. The molecule has 0 aliphatic heterocycles. The van der Waals surface area contributed by atoms with Crippen LogP contribution in [-0.2, 0) is 4.79 Å². The summed E-state index contributed by atoms with van der Waals surface area (Å²) in [5.74, 6) is 0.450. The lowest BCUT2D eigenvalue weighted by Gasteiger charge is -2.29. The first-order chi connectivity index (χ1) is 10.0. The molecule has 0 bridgehead atoms. The van der Waals surface area contributed by atoms with Crippen molar-refractivity contribution in [3.05, 3.63) is 17.7 Å². The number of aryl methyl sites for hydroxylation is 1. The van der Waals surface area contributed by atoms with E-state index in [0.717, 1.165) is 30.5 Å². The first-order valence-electron chi connectivity index (χ1n) is 7.27. The Kier molecular flexibility index (Phi) is 4.94. The van der Waals surface area contributed by atoms with E-state index in [2.05, 4.69) is 5.32 Å². The van der Waals surface area contributed by atoms with Gasteiger partial charge in [-0.15, -0.1) is 0 Å². The van der Waals surface area contributed by atoms with Crippen LogP contribution in [0.15, 0.2) is 12.1 Å². The van der Waals surface area contributed by atoms with Crippen molar-refractivity contribution in [1.82, 2.24) is 0 Å². The number of benzene rings is 1. The molecule has 1 aromatic rings. The summed E-state index contributed by atoms with van der Waals surface area (Å²) in [5, 5.41) is 12.6. The summed E-state index contributed by atoms with van der Waals surface area (Å²) in [4.78, 5) is 11.1. The van der Waals surface area contributed by atoms with Crippen molar-refractivity contribution < 1.29 is 19.4 Å². The van der Waals surface area contributed by atoms with E-state index >= 15 is 0 Å².